The van der Waals surface area contributed by atoms with Crippen molar-refractivity contribution in [3.05, 3.63) is 63.9 Å². The van der Waals surface area contributed by atoms with Crippen molar-refractivity contribution in [3.63, 3.8) is 0 Å². The van der Waals surface area contributed by atoms with Crippen molar-refractivity contribution in [1.29, 1.82) is 0 Å². The molecule has 2 rings (SSSR count). The van der Waals surface area contributed by atoms with E-state index in [9.17, 15) is 8.78 Å². The summed E-state index contributed by atoms with van der Waals surface area (Å²) in [6, 6.07) is 7.49. The van der Waals surface area contributed by atoms with Gasteiger partial charge in [0.05, 0.1) is 11.7 Å². The maximum Gasteiger partial charge on any atom is 0.146 e. The summed E-state index contributed by atoms with van der Waals surface area (Å²) in [4.78, 5) is 4.11. The number of hydrogen-bond donors (Lipinski definition) is 1. The molecule has 112 valence electrons. The van der Waals surface area contributed by atoms with Crippen LogP contribution in [0.4, 0.5) is 8.78 Å². The monoisotopic (exact) mass is 354 g/mol. The highest BCUT2D eigenvalue weighted by atomic mass is 79.9. The highest BCUT2D eigenvalue weighted by Crippen LogP contribution is 2.23. The molecule has 0 bridgehead atoms. The Kier molecular flexibility index (Phi) is 5.82. The molecule has 1 aromatic carbocycles. The topological polar surface area (TPSA) is 24.9 Å². The molecule has 1 aromatic heterocycles. The summed E-state index contributed by atoms with van der Waals surface area (Å²) >= 11 is 3.23. The van der Waals surface area contributed by atoms with Crippen molar-refractivity contribution in [2.24, 2.45) is 0 Å². The first-order valence-electron chi connectivity index (χ1n) is 6.89. The minimum atomic E-state index is -0.372. The van der Waals surface area contributed by atoms with E-state index < -0.39 is 0 Å². The molecule has 2 nitrogen and oxygen atoms in total. The molecule has 0 radical (unpaired) electrons. The van der Waals surface area contributed by atoms with Crippen molar-refractivity contribution in [3.8, 4) is 0 Å². The molecule has 0 amide bonds. The smallest absolute Gasteiger partial charge is 0.146 e. The summed E-state index contributed by atoms with van der Waals surface area (Å²) in [6.45, 7) is 2.75. The van der Waals surface area contributed by atoms with Gasteiger partial charge in [0.15, 0.2) is 0 Å². The van der Waals surface area contributed by atoms with Crippen molar-refractivity contribution in [2.75, 3.05) is 6.54 Å². The fourth-order valence-electron chi connectivity index (χ4n) is 2.15. The Morgan fingerprint density at radius 2 is 2.05 bits per heavy atom. The molecule has 0 saturated carbocycles. The minimum absolute atomic E-state index is 0.302. The molecule has 0 aliphatic heterocycles. The van der Waals surface area contributed by atoms with E-state index in [1.54, 1.807) is 24.4 Å². The first-order valence-corrected chi connectivity index (χ1v) is 7.68. The SMILES string of the molecule is CCCNC(Cc1ccc(Br)cc1F)c1ncccc1F. The number of rotatable bonds is 6. The average molecular weight is 355 g/mol. The van der Waals surface area contributed by atoms with Gasteiger partial charge in [0.1, 0.15) is 11.6 Å². The highest BCUT2D eigenvalue weighted by molar-refractivity contribution is 9.10. The zero-order valence-corrected chi connectivity index (χ0v) is 13.3. The number of aromatic nitrogens is 1. The normalized spacial score (nSPS) is 12.4. The Hall–Kier alpha value is -1.33. The van der Waals surface area contributed by atoms with Gasteiger partial charge < -0.3 is 5.32 Å². The largest absolute Gasteiger partial charge is 0.308 e. The van der Waals surface area contributed by atoms with Crippen LogP contribution in [-0.4, -0.2) is 11.5 Å². The lowest BCUT2D eigenvalue weighted by Crippen LogP contribution is -2.26. The number of halogens is 3. The molecule has 1 atom stereocenters. The second kappa shape index (κ2) is 7.61. The van der Waals surface area contributed by atoms with Crippen LogP contribution in [0.5, 0.6) is 0 Å². The average Bonchev–Trinajstić information content (AvgIpc) is 2.46. The van der Waals surface area contributed by atoms with Crippen LogP contribution in [0.15, 0.2) is 41.0 Å². The van der Waals surface area contributed by atoms with Crippen LogP contribution in [0.2, 0.25) is 0 Å². The minimum Gasteiger partial charge on any atom is -0.308 e. The van der Waals surface area contributed by atoms with Gasteiger partial charge in [0, 0.05) is 10.7 Å². The van der Waals surface area contributed by atoms with Crippen LogP contribution >= 0.6 is 15.9 Å². The van der Waals surface area contributed by atoms with Crippen LogP contribution in [0.1, 0.15) is 30.6 Å². The third kappa shape index (κ3) is 4.32. The van der Waals surface area contributed by atoms with Gasteiger partial charge in [0.2, 0.25) is 0 Å². The molecule has 0 fully saturated rings. The summed E-state index contributed by atoms with van der Waals surface area (Å²) in [5.41, 5.74) is 0.866. The lowest BCUT2D eigenvalue weighted by molar-refractivity contribution is 0.474. The fourth-order valence-corrected chi connectivity index (χ4v) is 2.48. The number of nitrogens with one attached hydrogen (secondary N) is 1. The van der Waals surface area contributed by atoms with E-state index in [2.05, 4.69) is 26.2 Å². The maximum atomic E-state index is 14.0. The van der Waals surface area contributed by atoms with E-state index in [1.807, 2.05) is 6.92 Å². The van der Waals surface area contributed by atoms with Crippen molar-refractivity contribution in [1.82, 2.24) is 10.3 Å². The van der Waals surface area contributed by atoms with Gasteiger partial charge in [-0.25, -0.2) is 8.78 Å². The number of nitrogens with zero attached hydrogens (tertiary/aromatic N) is 1. The summed E-state index contributed by atoms with van der Waals surface area (Å²) in [7, 11) is 0. The molecule has 0 saturated heterocycles. The van der Waals surface area contributed by atoms with Crippen LogP contribution in [0, 0.1) is 11.6 Å². The summed E-state index contributed by atoms with van der Waals surface area (Å²) < 4.78 is 28.6. The van der Waals surface area contributed by atoms with Gasteiger partial charge in [-0.2, -0.15) is 0 Å². The van der Waals surface area contributed by atoms with Gasteiger partial charge in [0.25, 0.3) is 0 Å². The first kappa shape index (κ1) is 16.0. The molecular formula is C16H17BrF2N2. The fraction of sp³-hybridized carbons (Fsp3) is 0.312. The number of pyridine rings is 1. The molecule has 1 unspecified atom stereocenters. The van der Waals surface area contributed by atoms with Crippen molar-refractivity contribution >= 4 is 15.9 Å². The van der Waals surface area contributed by atoms with E-state index in [0.717, 1.165) is 13.0 Å². The Bertz CT molecular complexity index is 605. The lowest BCUT2D eigenvalue weighted by atomic mass is 10.0. The zero-order chi connectivity index (χ0) is 15.2. The van der Waals surface area contributed by atoms with Gasteiger partial charge >= 0.3 is 0 Å². The summed E-state index contributed by atoms with van der Waals surface area (Å²) in [5, 5.41) is 3.24. The Morgan fingerprint density at radius 3 is 2.71 bits per heavy atom. The molecule has 1 heterocycles. The van der Waals surface area contributed by atoms with E-state index in [4.69, 9.17) is 0 Å². The van der Waals surface area contributed by atoms with Crippen LogP contribution in [0.3, 0.4) is 0 Å². The summed E-state index contributed by atoms with van der Waals surface area (Å²) in [6.07, 6.45) is 2.82. The molecule has 0 spiro atoms. The highest BCUT2D eigenvalue weighted by Gasteiger charge is 2.18. The zero-order valence-electron chi connectivity index (χ0n) is 11.7. The molecule has 21 heavy (non-hydrogen) atoms. The molecule has 5 heteroatoms. The van der Waals surface area contributed by atoms with Crippen molar-refractivity contribution in [2.45, 2.75) is 25.8 Å². The van der Waals surface area contributed by atoms with E-state index in [1.165, 1.54) is 12.1 Å². The van der Waals surface area contributed by atoms with Gasteiger partial charge in [-0.15, -0.1) is 0 Å². The van der Waals surface area contributed by atoms with E-state index in [-0.39, 0.29) is 17.7 Å². The molecular weight excluding hydrogens is 338 g/mol. The predicted octanol–water partition coefficient (Wildman–Crippen LogP) is 4.41. The standard InChI is InChI=1S/C16H17BrF2N2/c1-2-7-20-15(16-13(18)4-3-8-21-16)9-11-5-6-12(17)10-14(11)19/h3-6,8,10,15,20H,2,7,9H2,1H3. The Labute approximate surface area is 131 Å². The molecule has 2 aromatic rings. The van der Waals surface area contributed by atoms with Gasteiger partial charge in [-0.05, 0) is 49.2 Å². The Morgan fingerprint density at radius 1 is 1.24 bits per heavy atom. The second-order valence-electron chi connectivity index (χ2n) is 4.82. The third-order valence-corrected chi connectivity index (χ3v) is 3.69. The molecule has 0 aliphatic rings. The molecule has 0 aliphatic carbocycles. The second-order valence-corrected chi connectivity index (χ2v) is 5.73. The number of benzene rings is 1. The van der Waals surface area contributed by atoms with Gasteiger partial charge in [-0.1, -0.05) is 28.9 Å². The first-order chi connectivity index (χ1) is 10.1. The lowest BCUT2D eigenvalue weighted by Gasteiger charge is -2.19. The van der Waals surface area contributed by atoms with Crippen LogP contribution in [0.25, 0.3) is 0 Å². The maximum absolute atomic E-state index is 14.0. The summed E-state index contributed by atoms with van der Waals surface area (Å²) in [5.74, 6) is -0.673. The van der Waals surface area contributed by atoms with Crippen LogP contribution in [-0.2, 0) is 6.42 Å². The predicted molar refractivity (Wildman–Crippen MR) is 83.0 cm³/mol. The number of hydrogen-bond acceptors (Lipinski definition) is 2. The van der Waals surface area contributed by atoms with Crippen molar-refractivity contribution < 1.29 is 8.78 Å². The van der Waals surface area contributed by atoms with Crippen LogP contribution < -0.4 is 5.32 Å². The third-order valence-electron chi connectivity index (χ3n) is 3.20. The molecule has 1 N–H and O–H groups in total. The Balaban J connectivity index is 2.26. The van der Waals surface area contributed by atoms with E-state index in [0.29, 0.717) is 22.2 Å². The van der Waals surface area contributed by atoms with E-state index >= 15 is 0 Å². The quantitative estimate of drug-likeness (QED) is 0.831. The van der Waals surface area contributed by atoms with Gasteiger partial charge in [-0.3, -0.25) is 4.98 Å².